The van der Waals surface area contributed by atoms with Gasteiger partial charge in [-0.3, -0.25) is 14.4 Å². The predicted octanol–water partition coefficient (Wildman–Crippen LogP) is 6.93. The Labute approximate surface area is 240 Å². The van der Waals surface area contributed by atoms with Crippen LogP contribution in [0, 0.1) is 12.7 Å². The number of nitrogens with one attached hydrogen (secondary N) is 3. The van der Waals surface area contributed by atoms with Crippen LogP contribution in [0.5, 0.6) is 0 Å². The van der Waals surface area contributed by atoms with Gasteiger partial charge in [0, 0.05) is 21.8 Å². The Morgan fingerprint density at radius 1 is 0.850 bits per heavy atom. The zero-order valence-electron chi connectivity index (χ0n) is 21.4. The maximum atomic E-state index is 13.3. The smallest absolute Gasteiger partial charge is 0.272 e. The molecule has 0 saturated carbocycles. The first-order valence-corrected chi connectivity index (χ1v) is 13.6. The predicted molar refractivity (Wildman–Crippen MR) is 159 cm³/mol. The van der Waals surface area contributed by atoms with Crippen molar-refractivity contribution in [3.05, 3.63) is 130 Å². The second-order valence-electron chi connectivity index (χ2n) is 8.68. The number of amides is 3. The van der Waals surface area contributed by atoms with E-state index in [-0.39, 0.29) is 22.4 Å². The summed E-state index contributed by atoms with van der Waals surface area (Å²) in [6, 6.07) is 27.1. The van der Waals surface area contributed by atoms with Crippen molar-refractivity contribution in [2.75, 3.05) is 16.4 Å². The second-order valence-corrected chi connectivity index (χ2v) is 10.1. The highest BCUT2D eigenvalue weighted by atomic mass is 35.5. The molecule has 0 saturated heterocycles. The van der Waals surface area contributed by atoms with E-state index in [1.165, 1.54) is 30.0 Å². The third kappa shape index (κ3) is 8.05. The van der Waals surface area contributed by atoms with Crippen LogP contribution in [0.3, 0.4) is 0 Å². The van der Waals surface area contributed by atoms with Crippen molar-refractivity contribution in [3.8, 4) is 0 Å². The molecule has 40 heavy (non-hydrogen) atoms. The fraction of sp³-hybridized carbons (Fsp3) is 0.0645. The third-order valence-electron chi connectivity index (χ3n) is 5.68. The van der Waals surface area contributed by atoms with Crippen LogP contribution >= 0.6 is 23.4 Å². The van der Waals surface area contributed by atoms with Gasteiger partial charge in [-0.2, -0.15) is 0 Å². The van der Waals surface area contributed by atoms with Gasteiger partial charge in [-0.25, -0.2) is 4.39 Å². The van der Waals surface area contributed by atoms with Gasteiger partial charge < -0.3 is 16.0 Å². The summed E-state index contributed by atoms with van der Waals surface area (Å²) in [4.78, 5) is 39.3. The van der Waals surface area contributed by atoms with Gasteiger partial charge in [0.1, 0.15) is 11.5 Å². The molecule has 0 fully saturated rings. The number of hydrogen-bond donors (Lipinski definition) is 3. The quantitative estimate of drug-likeness (QED) is 0.150. The number of carbonyl (C=O) groups is 3. The molecule has 0 bridgehead atoms. The van der Waals surface area contributed by atoms with E-state index < -0.39 is 17.6 Å². The van der Waals surface area contributed by atoms with Crippen molar-refractivity contribution in [1.82, 2.24) is 5.32 Å². The zero-order valence-corrected chi connectivity index (χ0v) is 23.0. The molecule has 4 aromatic carbocycles. The maximum Gasteiger partial charge on any atom is 0.272 e. The first-order chi connectivity index (χ1) is 19.3. The molecule has 0 aliphatic heterocycles. The Balaban J connectivity index is 1.45. The van der Waals surface area contributed by atoms with Gasteiger partial charge in [-0.05, 0) is 72.7 Å². The molecule has 3 N–H and O–H groups in total. The molecule has 0 aliphatic carbocycles. The summed E-state index contributed by atoms with van der Waals surface area (Å²) >= 11 is 7.03. The normalized spacial score (nSPS) is 11.0. The van der Waals surface area contributed by atoms with Crippen LogP contribution in [0.4, 0.5) is 15.8 Å². The second kappa shape index (κ2) is 13.6. The first kappa shape index (κ1) is 28.6. The van der Waals surface area contributed by atoms with Crippen LogP contribution in [-0.2, 0) is 9.59 Å². The van der Waals surface area contributed by atoms with Crippen LogP contribution in [0.1, 0.15) is 21.5 Å². The fourth-order valence-electron chi connectivity index (χ4n) is 3.63. The minimum Gasteiger partial charge on any atom is -0.325 e. The number of rotatable bonds is 9. The molecule has 0 aliphatic rings. The van der Waals surface area contributed by atoms with E-state index in [0.717, 1.165) is 16.0 Å². The van der Waals surface area contributed by atoms with Gasteiger partial charge >= 0.3 is 0 Å². The number of carbonyl (C=O) groups excluding carboxylic acids is 3. The first-order valence-electron chi connectivity index (χ1n) is 12.2. The van der Waals surface area contributed by atoms with E-state index in [9.17, 15) is 18.8 Å². The Kier molecular flexibility index (Phi) is 9.72. The third-order valence-corrected chi connectivity index (χ3v) is 6.97. The number of halogens is 2. The number of thioether (sulfide) groups is 1. The number of anilines is 2. The Morgan fingerprint density at radius 3 is 2.33 bits per heavy atom. The Hall–Kier alpha value is -4.40. The van der Waals surface area contributed by atoms with Crippen LogP contribution < -0.4 is 16.0 Å². The van der Waals surface area contributed by atoms with E-state index in [4.69, 9.17) is 11.6 Å². The lowest BCUT2D eigenvalue weighted by atomic mass is 10.1. The number of benzene rings is 4. The van der Waals surface area contributed by atoms with Crippen molar-refractivity contribution in [2.45, 2.75) is 11.8 Å². The summed E-state index contributed by atoms with van der Waals surface area (Å²) in [6.07, 6.45) is 1.64. The summed E-state index contributed by atoms with van der Waals surface area (Å²) in [6.45, 7) is 1.92. The van der Waals surface area contributed by atoms with Crippen molar-refractivity contribution in [3.63, 3.8) is 0 Å². The molecule has 3 amide bonds. The molecule has 0 radical (unpaired) electrons. The molecular formula is C31H25ClFN3O3S. The molecule has 202 valence electrons. The minimum absolute atomic E-state index is 0.0790. The molecule has 9 heteroatoms. The summed E-state index contributed by atoms with van der Waals surface area (Å²) in [5, 5.41) is 8.16. The molecule has 0 spiro atoms. The molecule has 6 nitrogen and oxygen atoms in total. The van der Waals surface area contributed by atoms with E-state index in [1.54, 1.807) is 54.6 Å². The average Bonchev–Trinajstić information content (AvgIpc) is 2.95. The summed E-state index contributed by atoms with van der Waals surface area (Å²) in [5.41, 5.74) is 3.12. The SMILES string of the molecule is Cc1ccccc1/C=C(\NC(=O)c1ccccc1)C(=O)Nc1cccc(SCC(=O)Nc2ccc(F)c(Cl)c2)c1. The van der Waals surface area contributed by atoms with E-state index in [2.05, 4.69) is 16.0 Å². The van der Waals surface area contributed by atoms with Crippen LogP contribution in [0.15, 0.2) is 108 Å². The number of hydrogen-bond acceptors (Lipinski definition) is 4. The number of aryl methyl sites for hydroxylation is 1. The fourth-order valence-corrected chi connectivity index (χ4v) is 4.56. The van der Waals surface area contributed by atoms with Gasteiger partial charge in [0.2, 0.25) is 5.91 Å². The Bertz CT molecular complexity index is 1580. The molecule has 4 rings (SSSR count). The van der Waals surface area contributed by atoms with E-state index >= 15 is 0 Å². The molecule has 0 unspecified atom stereocenters. The largest absolute Gasteiger partial charge is 0.325 e. The van der Waals surface area contributed by atoms with Gasteiger partial charge in [-0.15, -0.1) is 11.8 Å². The summed E-state index contributed by atoms with van der Waals surface area (Å²) in [7, 11) is 0. The Morgan fingerprint density at radius 2 is 1.57 bits per heavy atom. The molecule has 0 atom stereocenters. The molecule has 0 aromatic heterocycles. The average molecular weight is 574 g/mol. The van der Waals surface area contributed by atoms with Gasteiger partial charge in [0.15, 0.2) is 0 Å². The maximum absolute atomic E-state index is 13.3. The highest BCUT2D eigenvalue weighted by Crippen LogP contribution is 2.24. The van der Waals surface area contributed by atoms with Crippen molar-refractivity contribution in [1.29, 1.82) is 0 Å². The van der Waals surface area contributed by atoms with Crippen molar-refractivity contribution < 1.29 is 18.8 Å². The van der Waals surface area contributed by atoms with Crippen molar-refractivity contribution >= 4 is 58.5 Å². The highest BCUT2D eigenvalue weighted by Gasteiger charge is 2.16. The van der Waals surface area contributed by atoms with Gasteiger partial charge in [-0.1, -0.05) is 60.1 Å². The highest BCUT2D eigenvalue weighted by molar-refractivity contribution is 8.00. The van der Waals surface area contributed by atoms with Crippen LogP contribution in [0.25, 0.3) is 6.08 Å². The topological polar surface area (TPSA) is 87.3 Å². The molecule has 4 aromatic rings. The van der Waals surface area contributed by atoms with Gasteiger partial charge in [0.25, 0.3) is 11.8 Å². The lowest BCUT2D eigenvalue weighted by Crippen LogP contribution is -2.30. The standard InChI is InChI=1S/C31H25ClFN3O3S/c1-20-8-5-6-11-22(20)16-28(36-30(38)21-9-3-2-4-10-21)31(39)35-23-12-7-13-25(17-23)40-19-29(37)34-24-14-15-27(33)26(32)18-24/h2-18H,19H2,1H3,(H,34,37)(H,35,39)(H,36,38)/b28-16-. The lowest BCUT2D eigenvalue weighted by molar-refractivity contribution is -0.114. The monoisotopic (exact) mass is 573 g/mol. The lowest BCUT2D eigenvalue weighted by Gasteiger charge is -2.13. The molecule has 0 heterocycles. The minimum atomic E-state index is -0.565. The van der Waals surface area contributed by atoms with Crippen molar-refractivity contribution in [2.24, 2.45) is 0 Å². The van der Waals surface area contributed by atoms with E-state index in [1.807, 2.05) is 37.3 Å². The van der Waals surface area contributed by atoms with E-state index in [0.29, 0.717) is 16.9 Å². The summed E-state index contributed by atoms with van der Waals surface area (Å²) < 4.78 is 13.3. The zero-order chi connectivity index (χ0) is 28.5. The van der Waals surface area contributed by atoms with Crippen LogP contribution in [-0.4, -0.2) is 23.5 Å². The van der Waals surface area contributed by atoms with Gasteiger partial charge in [0.05, 0.1) is 10.8 Å². The van der Waals surface area contributed by atoms with Crippen LogP contribution in [0.2, 0.25) is 5.02 Å². The summed E-state index contributed by atoms with van der Waals surface area (Å²) in [5.74, 6) is -1.69. The molecular weight excluding hydrogens is 549 g/mol.